The zero-order valence-corrected chi connectivity index (χ0v) is 18.2. The van der Waals surface area contributed by atoms with Crippen molar-refractivity contribution >= 4 is 17.3 Å². The molecule has 2 aromatic heterocycles. The van der Waals surface area contributed by atoms with Gasteiger partial charge in [-0.3, -0.25) is 23.4 Å². The third-order valence-electron chi connectivity index (χ3n) is 5.53. The monoisotopic (exact) mass is 432 g/mol. The van der Waals surface area contributed by atoms with Crippen LogP contribution >= 0.6 is 0 Å². The Morgan fingerprint density at radius 2 is 1.75 bits per heavy atom. The summed E-state index contributed by atoms with van der Waals surface area (Å²) in [6.07, 6.45) is 0.748. The molecular weight excluding hydrogens is 408 g/mol. The van der Waals surface area contributed by atoms with Crippen LogP contribution in [0.25, 0.3) is 11.0 Å². The molecule has 0 aliphatic carbocycles. The molecule has 0 aliphatic heterocycles. The third kappa shape index (κ3) is 3.64. The van der Waals surface area contributed by atoms with Gasteiger partial charge in [0.2, 0.25) is 0 Å². The molecule has 0 fully saturated rings. The number of methoxy groups -OCH3 is 1. The molecule has 4 aromatic rings. The van der Waals surface area contributed by atoms with Gasteiger partial charge in [0.25, 0.3) is 5.56 Å². The van der Waals surface area contributed by atoms with Crippen LogP contribution in [0.4, 0.5) is 0 Å². The summed E-state index contributed by atoms with van der Waals surface area (Å²) >= 11 is 0. The Kier molecular flexibility index (Phi) is 5.77. The predicted molar refractivity (Wildman–Crippen MR) is 122 cm³/mol. The highest BCUT2D eigenvalue weighted by molar-refractivity contribution is 5.78. The van der Waals surface area contributed by atoms with Gasteiger partial charge in [0.1, 0.15) is 12.0 Å². The van der Waals surface area contributed by atoms with Crippen molar-refractivity contribution in [3.8, 4) is 5.75 Å². The summed E-state index contributed by atoms with van der Waals surface area (Å²) in [4.78, 5) is 38.3. The Morgan fingerprint density at radius 1 is 1.00 bits per heavy atom. The lowest BCUT2D eigenvalue weighted by atomic mass is 10.1. The smallest absolute Gasteiger partial charge is 0.332 e. The molecule has 4 rings (SSSR count). The highest BCUT2D eigenvalue weighted by Crippen LogP contribution is 2.22. The zero-order chi connectivity index (χ0) is 22.8. The minimum Gasteiger partial charge on any atom is -0.496 e. The number of hydrogen-bond acceptors (Lipinski definition) is 5. The summed E-state index contributed by atoms with van der Waals surface area (Å²) in [5.74, 6) is 0.553. The second kappa shape index (κ2) is 8.66. The van der Waals surface area contributed by atoms with Crippen molar-refractivity contribution in [1.82, 2.24) is 18.9 Å². The maximum atomic E-state index is 13.6. The molecule has 32 heavy (non-hydrogen) atoms. The maximum absolute atomic E-state index is 13.6. The molecule has 0 radical (unpaired) electrons. The van der Waals surface area contributed by atoms with E-state index < -0.39 is 5.69 Å². The Bertz CT molecular complexity index is 1410. The van der Waals surface area contributed by atoms with Crippen LogP contribution in [0, 0.1) is 6.92 Å². The Morgan fingerprint density at radius 3 is 2.41 bits per heavy atom. The van der Waals surface area contributed by atoms with Crippen LogP contribution in [0.3, 0.4) is 0 Å². The number of carbonyl (C=O) groups excluding carboxylic acids is 1. The van der Waals surface area contributed by atoms with Gasteiger partial charge in [-0.25, -0.2) is 4.79 Å². The molecule has 0 N–H and O–H groups in total. The van der Waals surface area contributed by atoms with Crippen molar-refractivity contribution in [2.75, 3.05) is 7.11 Å². The van der Waals surface area contributed by atoms with Crippen LogP contribution in [0.15, 0.2) is 58.1 Å². The van der Waals surface area contributed by atoms with E-state index >= 15 is 0 Å². The topological polar surface area (TPSA) is 88.1 Å². The van der Waals surface area contributed by atoms with Crippen LogP contribution in [0.5, 0.6) is 5.75 Å². The quantitative estimate of drug-likeness (QED) is 0.419. The van der Waals surface area contributed by atoms with Crippen LogP contribution < -0.4 is 16.0 Å². The van der Waals surface area contributed by atoms with Crippen LogP contribution in [-0.4, -0.2) is 32.3 Å². The summed E-state index contributed by atoms with van der Waals surface area (Å²) in [5.41, 5.74) is 2.63. The fourth-order valence-electron chi connectivity index (χ4n) is 4.01. The molecule has 0 unspecified atom stereocenters. The predicted octanol–water partition coefficient (Wildman–Crippen LogP) is 2.61. The van der Waals surface area contributed by atoms with Gasteiger partial charge in [-0.15, -0.1) is 0 Å². The zero-order valence-electron chi connectivity index (χ0n) is 18.2. The first-order chi connectivity index (χ1) is 15.5. The molecular formula is C24H24N4O4. The van der Waals surface area contributed by atoms with Crippen LogP contribution in [0.2, 0.25) is 0 Å². The largest absolute Gasteiger partial charge is 0.496 e. The molecule has 0 saturated heterocycles. The Balaban J connectivity index is 2.00. The average molecular weight is 432 g/mol. The maximum Gasteiger partial charge on any atom is 0.332 e. The third-order valence-corrected chi connectivity index (χ3v) is 5.53. The van der Waals surface area contributed by atoms with Crippen molar-refractivity contribution in [2.45, 2.75) is 33.5 Å². The van der Waals surface area contributed by atoms with Crippen molar-refractivity contribution in [1.29, 1.82) is 0 Å². The second-order valence-electron chi connectivity index (χ2n) is 7.53. The van der Waals surface area contributed by atoms with Gasteiger partial charge in [0, 0.05) is 17.7 Å². The van der Waals surface area contributed by atoms with Crippen molar-refractivity contribution in [2.24, 2.45) is 0 Å². The van der Waals surface area contributed by atoms with Gasteiger partial charge in [-0.1, -0.05) is 30.3 Å². The summed E-state index contributed by atoms with van der Waals surface area (Å²) < 4.78 is 9.86. The molecule has 0 spiro atoms. The van der Waals surface area contributed by atoms with E-state index in [9.17, 15) is 14.4 Å². The number of hydrogen-bond donors (Lipinski definition) is 0. The van der Waals surface area contributed by atoms with E-state index in [-0.39, 0.29) is 18.6 Å². The second-order valence-corrected chi connectivity index (χ2v) is 7.53. The van der Waals surface area contributed by atoms with E-state index in [1.807, 2.05) is 37.3 Å². The molecule has 0 amide bonds. The average Bonchev–Trinajstić information content (AvgIpc) is 3.16. The number of ether oxygens (including phenoxy) is 1. The summed E-state index contributed by atoms with van der Waals surface area (Å²) in [6.45, 7) is 4.45. The van der Waals surface area contributed by atoms with Crippen molar-refractivity contribution in [3.63, 3.8) is 0 Å². The highest BCUT2D eigenvalue weighted by Gasteiger charge is 2.21. The minimum atomic E-state index is -0.441. The first kappa shape index (κ1) is 21.3. The fourth-order valence-corrected chi connectivity index (χ4v) is 4.01. The van der Waals surface area contributed by atoms with Crippen LogP contribution in [-0.2, 0) is 19.6 Å². The Labute approximate surface area is 184 Å². The number of nitrogens with zero attached hydrogens (tertiary/aromatic N) is 4. The van der Waals surface area contributed by atoms with Crippen LogP contribution in [0.1, 0.15) is 34.1 Å². The molecule has 8 nitrogen and oxygen atoms in total. The summed E-state index contributed by atoms with van der Waals surface area (Å²) in [5, 5.41) is 4.49. The van der Waals surface area contributed by atoms with Gasteiger partial charge in [-0.05, 0) is 37.6 Å². The van der Waals surface area contributed by atoms with E-state index in [0.717, 1.165) is 11.8 Å². The van der Waals surface area contributed by atoms with E-state index in [1.54, 1.807) is 34.4 Å². The molecule has 2 aromatic carbocycles. The number of fused-ring (bicyclic) bond motifs is 1. The first-order valence-electron chi connectivity index (χ1n) is 10.3. The van der Waals surface area contributed by atoms with E-state index in [1.165, 1.54) is 11.7 Å². The van der Waals surface area contributed by atoms with Gasteiger partial charge < -0.3 is 4.74 Å². The molecule has 164 valence electrons. The lowest BCUT2D eigenvalue weighted by Crippen LogP contribution is -2.41. The van der Waals surface area contributed by atoms with E-state index in [0.29, 0.717) is 40.1 Å². The van der Waals surface area contributed by atoms with E-state index in [4.69, 9.17) is 4.74 Å². The van der Waals surface area contributed by atoms with Gasteiger partial charge in [-0.2, -0.15) is 5.10 Å². The minimum absolute atomic E-state index is 0.130. The number of carbonyl (C=O) groups is 1. The SMILES string of the molecule is CCn1nc(C)c2c1c(=O)n(Cc1ccccc1)c(=O)n2Cc1cc(C=O)ccc1OC. The fraction of sp³-hybridized carbons (Fsp3) is 0.250. The summed E-state index contributed by atoms with van der Waals surface area (Å²) in [7, 11) is 1.54. The number of rotatable bonds is 7. The highest BCUT2D eigenvalue weighted by atomic mass is 16.5. The number of aryl methyl sites for hydroxylation is 2. The first-order valence-corrected chi connectivity index (χ1v) is 10.3. The molecule has 0 bridgehead atoms. The number of aldehydes is 1. The molecule has 0 saturated carbocycles. The van der Waals surface area contributed by atoms with Gasteiger partial charge >= 0.3 is 5.69 Å². The van der Waals surface area contributed by atoms with Gasteiger partial charge in [0.15, 0.2) is 5.52 Å². The van der Waals surface area contributed by atoms with Crippen molar-refractivity contribution < 1.29 is 9.53 Å². The number of benzene rings is 2. The normalized spacial score (nSPS) is 11.1. The van der Waals surface area contributed by atoms with Gasteiger partial charge in [0.05, 0.1) is 31.4 Å². The van der Waals surface area contributed by atoms with Crippen molar-refractivity contribution in [3.05, 3.63) is 91.8 Å². The Hall–Kier alpha value is -3.94. The van der Waals surface area contributed by atoms with E-state index in [2.05, 4.69) is 5.10 Å². The lowest BCUT2D eigenvalue weighted by Gasteiger charge is -2.15. The lowest BCUT2D eigenvalue weighted by molar-refractivity contribution is 0.112. The number of aromatic nitrogens is 4. The molecule has 8 heteroatoms. The standard InChI is InChI=1S/C24H24N4O4/c1-4-28-22-21(16(2)25-28)26(14-19-12-18(15-29)10-11-20(19)32-3)24(31)27(23(22)30)13-17-8-6-5-7-9-17/h5-12,15H,4,13-14H2,1-3H3. The molecule has 0 aliphatic rings. The summed E-state index contributed by atoms with van der Waals surface area (Å²) in [6, 6.07) is 14.4. The molecule has 2 heterocycles. The molecule has 0 atom stereocenters.